The Labute approximate surface area is 200 Å². The van der Waals surface area contributed by atoms with Crippen molar-refractivity contribution >= 4 is 21.6 Å². The van der Waals surface area contributed by atoms with Crippen molar-refractivity contribution in [2.24, 2.45) is 7.05 Å². The Hall–Kier alpha value is -2.50. The summed E-state index contributed by atoms with van der Waals surface area (Å²) in [6, 6.07) is 8.82. The number of benzene rings is 1. The van der Waals surface area contributed by atoms with Crippen LogP contribution in [0.2, 0.25) is 0 Å². The molecule has 0 spiro atoms. The van der Waals surface area contributed by atoms with Gasteiger partial charge in [0.1, 0.15) is 10.7 Å². The van der Waals surface area contributed by atoms with Crippen LogP contribution < -0.4 is 0 Å². The monoisotopic (exact) mass is 459 g/mol. The molecule has 1 aromatic carbocycles. The summed E-state index contributed by atoms with van der Waals surface area (Å²) in [5.41, 5.74) is 7.19. The molecule has 1 atom stereocenters. The smallest absolute Gasteiger partial charge is 0.139 e. The van der Waals surface area contributed by atoms with Gasteiger partial charge in [0.2, 0.25) is 0 Å². The largest absolute Gasteiger partial charge is 0.368 e. The number of pyridine rings is 1. The van der Waals surface area contributed by atoms with E-state index in [1.165, 1.54) is 56.6 Å². The molecule has 3 aromatic heterocycles. The summed E-state index contributed by atoms with van der Waals surface area (Å²) in [6.07, 6.45) is 8.63. The maximum atomic E-state index is 6.50. The Balaban J connectivity index is 1.80. The Morgan fingerprint density at radius 1 is 1.12 bits per heavy atom. The molecule has 5 heteroatoms. The SMILES string of the molecule is Cc1nc2sc3c(c2c(-c2cccc(-c4nccn4C)c2)c1C(C)OC(C)(C)C)CCCC3. The van der Waals surface area contributed by atoms with Gasteiger partial charge in [-0.3, -0.25) is 0 Å². The predicted molar refractivity (Wildman–Crippen MR) is 138 cm³/mol. The summed E-state index contributed by atoms with van der Waals surface area (Å²) in [6.45, 7) is 10.7. The van der Waals surface area contributed by atoms with Gasteiger partial charge in [0.15, 0.2) is 0 Å². The molecule has 0 fully saturated rings. The van der Waals surface area contributed by atoms with E-state index in [1.807, 2.05) is 30.8 Å². The van der Waals surface area contributed by atoms with Crippen LogP contribution in [0.15, 0.2) is 36.7 Å². The lowest BCUT2D eigenvalue weighted by Crippen LogP contribution is -2.22. The molecular weight excluding hydrogens is 426 g/mol. The van der Waals surface area contributed by atoms with Crippen LogP contribution in [0, 0.1) is 6.92 Å². The van der Waals surface area contributed by atoms with Crippen molar-refractivity contribution in [3.05, 3.63) is 58.4 Å². The van der Waals surface area contributed by atoms with Crippen molar-refractivity contribution < 1.29 is 4.74 Å². The second kappa shape index (κ2) is 8.37. The molecule has 3 heterocycles. The Morgan fingerprint density at radius 3 is 2.61 bits per heavy atom. The van der Waals surface area contributed by atoms with Gasteiger partial charge in [-0.2, -0.15) is 0 Å². The van der Waals surface area contributed by atoms with E-state index in [2.05, 4.69) is 68.4 Å². The summed E-state index contributed by atoms with van der Waals surface area (Å²) in [5.74, 6) is 0.978. The second-order valence-electron chi connectivity index (χ2n) is 10.2. The summed E-state index contributed by atoms with van der Waals surface area (Å²) in [5, 5.41) is 1.34. The fourth-order valence-corrected chi connectivity index (χ4v) is 6.58. The van der Waals surface area contributed by atoms with Crippen LogP contribution in [-0.4, -0.2) is 20.1 Å². The van der Waals surface area contributed by atoms with Gasteiger partial charge >= 0.3 is 0 Å². The lowest BCUT2D eigenvalue weighted by molar-refractivity contribution is -0.0530. The number of aromatic nitrogens is 3. The maximum Gasteiger partial charge on any atom is 0.139 e. The van der Waals surface area contributed by atoms with E-state index in [9.17, 15) is 0 Å². The van der Waals surface area contributed by atoms with Crippen molar-refractivity contribution in [1.82, 2.24) is 14.5 Å². The molecule has 0 saturated heterocycles. The quantitative estimate of drug-likeness (QED) is 0.319. The first kappa shape index (κ1) is 22.3. The highest BCUT2D eigenvalue weighted by molar-refractivity contribution is 7.19. The van der Waals surface area contributed by atoms with Crippen molar-refractivity contribution in [3.63, 3.8) is 0 Å². The Morgan fingerprint density at radius 2 is 1.88 bits per heavy atom. The summed E-state index contributed by atoms with van der Waals surface area (Å²) >= 11 is 1.89. The number of aryl methyl sites for hydroxylation is 4. The van der Waals surface area contributed by atoms with E-state index in [4.69, 9.17) is 9.72 Å². The molecule has 1 aliphatic carbocycles. The third kappa shape index (κ3) is 4.13. The fraction of sp³-hybridized carbons (Fsp3) is 0.429. The highest BCUT2D eigenvalue weighted by Crippen LogP contribution is 2.46. The first-order chi connectivity index (χ1) is 15.7. The van der Waals surface area contributed by atoms with E-state index < -0.39 is 0 Å². The van der Waals surface area contributed by atoms with Gasteiger partial charge in [-0.25, -0.2) is 9.97 Å². The second-order valence-corrected chi connectivity index (χ2v) is 11.3. The van der Waals surface area contributed by atoms with Crippen LogP contribution in [-0.2, 0) is 24.6 Å². The molecule has 5 rings (SSSR count). The zero-order valence-corrected chi connectivity index (χ0v) is 21.3. The predicted octanol–water partition coefficient (Wildman–Crippen LogP) is 7.43. The molecule has 0 N–H and O–H groups in total. The Kier molecular flexibility index (Phi) is 5.66. The zero-order chi connectivity index (χ0) is 23.3. The van der Waals surface area contributed by atoms with Crippen LogP contribution in [0.1, 0.15) is 68.3 Å². The first-order valence-electron chi connectivity index (χ1n) is 11.9. The minimum Gasteiger partial charge on any atom is -0.368 e. The molecule has 172 valence electrons. The third-order valence-electron chi connectivity index (χ3n) is 6.50. The molecule has 4 aromatic rings. The van der Waals surface area contributed by atoms with Gasteiger partial charge in [0, 0.05) is 46.5 Å². The number of nitrogens with zero attached hydrogens (tertiary/aromatic N) is 3. The lowest BCUT2D eigenvalue weighted by Gasteiger charge is -2.28. The average molecular weight is 460 g/mol. The van der Waals surface area contributed by atoms with Gasteiger partial charge in [-0.05, 0) is 83.1 Å². The van der Waals surface area contributed by atoms with Gasteiger partial charge in [0.25, 0.3) is 0 Å². The molecule has 0 radical (unpaired) electrons. The van der Waals surface area contributed by atoms with Crippen LogP contribution in [0.25, 0.3) is 32.7 Å². The van der Waals surface area contributed by atoms with Crippen molar-refractivity contribution in [2.45, 2.75) is 72.0 Å². The number of thiophene rings is 1. The zero-order valence-electron chi connectivity index (χ0n) is 20.5. The first-order valence-corrected chi connectivity index (χ1v) is 12.8. The summed E-state index contributed by atoms with van der Waals surface area (Å²) < 4.78 is 8.58. The number of hydrogen-bond acceptors (Lipinski definition) is 4. The lowest BCUT2D eigenvalue weighted by atomic mass is 9.87. The number of imidazole rings is 1. The maximum absolute atomic E-state index is 6.50. The molecule has 0 amide bonds. The molecular formula is C28H33N3OS. The molecule has 1 unspecified atom stereocenters. The van der Waals surface area contributed by atoms with Crippen LogP contribution >= 0.6 is 11.3 Å². The number of hydrogen-bond donors (Lipinski definition) is 0. The van der Waals surface area contributed by atoms with E-state index in [-0.39, 0.29) is 11.7 Å². The van der Waals surface area contributed by atoms with Crippen LogP contribution in [0.4, 0.5) is 0 Å². The van der Waals surface area contributed by atoms with Crippen LogP contribution in [0.3, 0.4) is 0 Å². The Bertz CT molecular complexity index is 1330. The van der Waals surface area contributed by atoms with Gasteiger partial charge < -0.3 is 9.30 Å². The molecule has 4 nitrogen and oxygen atoms in total. The van der Waals surface area contributed by atoms with E-state index in [1.54, 1.807) is 0 Å². The topological polar surface area (TPSA) is 39.9 Å². The molecule has 0 saturated carbocycles. The van der Waals surface area contributed by atoms with Gasteiger partial charge in [-0.1, -0.05) is 18.2 Å². The number of rotatable bonds is 4. The van der Waals surface area contributed by atoms with E-state index in [0.29, 0.717) is 0 Å². The minimum absolute atomic E-state index is 0.0622. The molecule has 1 aliphatic rings. The number of ether oxygens (including phenoxy) is 1. The van der Waals surface area contributed by atoms with Gasteiger partial charge in [-0.15, -0.1) is 11.3 Å². The van der Waals surface area contributed by atoms with Crippen molar-refractivity contribution in [1.29, 1.82) is 0 Å². The van der Waals surface area contributed by atoms with E-state index in [0.717, 1.165) is 23.5 Å². The minimum atomic E-state index is -0.235. The third-order valence-corrected chi connectivity index (χ3v) is 7.68. The van der Waals surface area contributed by atoms with E-state index >= 15 is 0 Å². The highest BCUT2D eigenvalue weighted by Gasteiger charge is 2.28. The molecule has 33 heavy (non-hydrogen) atoms. The highest BCUT2D eigenvalue weighted by atomic mass is 32.1. The normalized spacial score (nSPS) is 15.1. The fourth-order valence-electron chi connectivity index (χ4n) is 5.26. The van der Waals surface area contributed by atoms with Crippen molar-refractivity contribution in [3.8, 4) is 22.5 Å². The average Bonchev–Trinajstić information content (AvgIpc) is 3.34. The molecule has 0 bridgehead atoms. The van der Waals surface area contributed by atoms with Gasteiger partial charge in [0.05, 0.1) is 11.7 Å². The summed E-state index contributed by atoms with van der Waals surface area (Å²) in [7, 11) is 2.05. The standard InChI is InChI=1S/C28H33N3OS/c1-17-23(18(2)32-28(3,4)5)24(25-21-12-7-8-13-22(21)33-27(25)30-17)19-10-9-11-20(16-19)26-29-14-15-31(26)6/h9-11,14-16,18H,7-8,12-13H2,1-6H3. The number of fused-ring (bicyclic) bond motifs is 3. The summed E-state index contributed by atoms with van der Waals surface area (Å²) in [4.78, 5) is 12.4. The molecule has 0 aliphatic heterocycles. The van der Waals surface area contributed by atoms with Crippen molar-refractivity contribution in [2.75, 3.05) is 0 Å². The van der Waals surface area contributed by atoms with Crippen LogP contribution in [0.5, 0.6) is 0 Å².